The molecule has 2 rings (SSSR count). The van der Waals surface area contributed by atoms with Crippen LogP contribution in [0.2, 0.25) is 0 Å². The highest BCUT2D eigenvalue weighted by atomic mass is 32.2. The molecule has 1 aliphatic carbocycles. The molecule has 0 aliphatic heterocycles. The fourth-order valence-corrected chi connectivity index (χ4v) is 5.87. The van der Waals surface area contributed by atoms with Gasteiger partial charge in [-0.1, -0.05) is 31.4 Å². The predicted molar refractivity (Wildman–Crippen MR) is 147 cm³/mol. The van der Waals surface area contributed by atoms with Gasteiger partial charge in [0.25, 0.3) is 5.91 Å². The van der Waals surface area contributed by atoms with Crippen LogP contribution in [0.1, 0.15) is 51.5 Å². The van der Waals surface area contributed by atoms with Crippen molar-refractivity contribution in [1.82, 2.24) is 15.5 Å². The number of carbonyl (C=O) groups is 3. The van der Waals surface area contributed by atoms with Crippen LogP contribution in [0.3, 0.4) is 0 Å². The summed E-state index contributed by atoms with van der Waals surface area (Å²) in [6, 6.07) is 6.71. The highest BCUT2D eigenvalue weighted by molar-refractivity contribution is 7.99. The molecule has 1 saturated carbocycles. The third-order valence-electron chi connectivity index (χ3n) is 6.07. The Morgan fingerprint density at radius 2 is 1.83 bits per heavy atom. The van der Waals surface area contributed by atoms with E-state index in [0.29, 0.717) is 18.2 Å². The van der Waals surface area contributed by atoms with Crippen LogP contribution in [0, 0.1) is 5.92 Å². The zero-order valence-corrected chi connectivity index (χ0v) is 23.5. The van der Waals surface area contributed by atoms with Crippen LogP contribution in [0.4, 0.5) is 0 Å². The highest BCUT2D eigenvalue weighted by Crippen LogP contribution is 2.27. The average molecular weight is 540 g/mol. The van der Waals surface area contributed by atoms with Crippen molar-refractivity contribution in [1.29, 1.82) is 0 Å². The number of rotatable bonds is 14. The number of nitrogens with zero attached hydrogens (tertiary/aromatic N) is 1. The zero-order chi connectivity index (χ0) is 26.6. The summed E-state index contributed by atoms with van der Waals surface area (Å²) >= 11 is 3.07. The van der Waals surface area contributed by atoms with E-state index in [0.717, 1.165) is 17.1 Å². The van der Waals surface area contributed by atoms with Crippen LogP contribution in [-0.4, -0.2) is 76.7 Å². The monoisotopic (exact) mass is 539 g/mol. The van der Waals surface area contributed by atoms with Gasteiger partial charge in [0.15, 0.2) is 0 Å². The number of carbonyl (C=O) groups excluding carboxylic acids is 3. The molecule has 0 heterocycles. The molecule has 0 saturated heterocycles. The van der Waals surface area contributed by atoms with Crippen molar-refractivity contribution < 1.29 is 24.2 Å². The van der Waals surface area contributed by atoms with Crippen LogP contribution in [0.25, 0.3) is 0 Å². The molecule has 10 heteroatoms. The third kappa shape index (κ3) is 10.6. The summed E-state index contributed by atoms with van der Waals surface area (Å²) < 4.78 is 5.17. The topological polar surface area (TPSA) is 108 Å². The van der Waals surface area contributed by atoms with Gasteiger partial charge in [0, 0.05) is 12.3 Å². The second kappa shape index (κ2) is 15.4. The summed E-state index contributed by atoms with van der Waals surface area (Å²) in [6.07, 6.45) is 8.07. The lowest BCUT2D eigenvalue weighted by Crippen LogP contribution is -2.53. The summed E-state index contributed by atoms with van der Waals surface area (Å²) in [7, 11) is 1.60. The van der Waals surface area contributed by atoms with Crippen molar-refractivity contribution in [2.24, 2.45) is 5.92 Å². The number of hydrogen-bond donors (Lipinski definition) is 3. The molecule has 36 heavy (non-hydrogen) atoms. The fraction of sp³-hybridized carbons (Fsp3) is 0.654. The molecule has 1 aliphatic rings. The largest absolute Gasteiger partial charge is 0.497 e. The molecular weight excluding hydrogens is 498 g/mol. The van der Waals surface area contributed by atoms with E-state index in [9.17, 15) is 19.5 Å². The quantitative estimate of drug-likeness (QED) is 0.312. The van der Waals surface area contributed by atoms with Crippen molar-refractivity contribution in [2.45, 2.75) is 64.1 Å². The number of nitrogens with one attached hydrogen (secondary N) is 2. The molecule has 0 radical (unpaired) electrons. The standard InChI is InChI=1S/C26H41N3O5S2/c1-26(2,33)25(32)29(18-35-4)15-23(30)28-22(17-36-16-20-8-6-5-7-9-20)24(31)27-14-19-10-12-21(34-3)13-11-19/h10-13,20,22,33H,5-9,14-18H2,1-4H3,(H,27,31)(H,28,30). The Bertz CT molecular complexity index is 839. The first-order chi connectivity index (χ1) is 17.1. The lowest BCUT2D eigenvalue weighted by Gasteiger charge is -2.28. The minimum atomic E-state index is -1.58. The number of benzene rings is 1. The molecule has 3 amide bonds. The Morgan fingerprint density at radius 1 is 1.17 bits per heavy atom. The van der Waals surface area contributed by atoms with Crippen LogP contribution in [0.5, 0.6) is 5.75 Å². The normalized spacial score (nSPS) is 15.1. The lowest BCUT2D eigenvalue weighted by atomic mass is 9.91. The van der Waals surface area contributed by atoms with Gasteiger partial charge in [-0.25, -0.2) is 0 Å². The summed E-state index contributed by atoms with van der Waals surface area (Å²) in [5, 5.41) is 15.9. The lowest BCUT2D eigenvalue weighted by molar-refractivity contribution is -0.149. The van der Waals surface area contributed by atoms with Gasteiger partial charge >= 0.3 is 0 Å². The third-order valence-corrected chi connectivity index (χ3v) is 7.92. The summed E-state index contributed by atoms with van der Waals surface area (Å²) in [6.45, 7) is 2.91. The smallest absolute Gasteiger partial charge is 0.255 e. The van der Waals surface area contributed by atoms with Crippen LogP contribution >= 0.6 is 23.5 Å². The zero-order valence-electron chi connectivity index (χ0n) is 21.9. The van der Waals surface area contributed by atoms with Gasteiger partial charge < -0.3 is 25.4 Å². The van der Waals surface area contributed by atoms with E-state index in [4.69, 9.17) is 4.74 Å². The van der Waals surface area contributed by atoms with E-state index >= 15 is 0 Å². The molecule has 0 spiro atoms. The van der Waals surface area contributed by atoms with Gasteiger partial charge in [-0.05, 0) is 62.3 Å². The van der Waals surface area contributed by atoms with Crippen LogP contribution in [-0.2, 0) is 20.9 Å². The Kier molecular flexibility index (Phi) is 12.9. The number of amides is 3. The molecule has 1 fully saturated rings. The van der Waals surface area contributed by atoms with Gasteiger partial charge in [-0.15, -0.1) is 11.8 Å². The Morgan fingerprint density at radius 3 is 2.42 bits per heavy atom. The summed E-state index contributed by atoms with van der Waals surface area (Å²) in [5.41, 5.74) is -0.660. The number of ether oxygens (including phenoxy) is 1. The molecule has 8 nitrogen and oxygen atoms in total. The van der Waals surface area contributed by atoms with E-state index in [2.05, 4.69) is 10.6 Å². The molecular formula is C26H41N3O5S2. The molecule has 1 aromatic carbocycles. The van der Waals surface area contributed by atoms with Crippen molar-refractivity contribution in [2.75, 3.05) is 37.3 Å². The first-order valence-electron chi connectivity index (χ1n) is 12.4. The maximum atomic E-state index is 13.1. The van der Waals surface area contributed by atoms with Crippen molar-refractivity contribution in [3.8, 4) is 5.75 Å². The second-order valence-corrected chi connectivity index (χ2v) is 11.6. The van der Waals surface area contributed by atoms with E-state index in [1.807, 2.05) is 30.5 Å². The fourth-order valence-electron chi connectivity index (χ4n) is 4.08. The van der Waals surface area contributed by atoms with E-state index in [1.54, 1.807) is 18.9 Å². The molecule has 0 bridgehead atoms. The molecule has 1 atom stereocenters. The van der Waals surface area contributed by atoms with E-state index in [-0.39, 0.29) is 18.3 Å². The molecule has 0 aromatic heterocycles. The minimum Gasteiger partial charge on any atom is -0.497 e. The van der Waals surface area contributed by atoms with Crippen molar-refractivity contribution >= 4 is 41.2 Å². The number of aliphatic hydroxyl groups is 1. The van der Waals surface area contributed by atoms with Crippen molar-refractivity contribution in [3.05, 3.63) is 29.8 Å². The number of thioether (sulfide) groups is 2. The van der Waals surface area contributed by atoms with Gasteiger partial charge in [0.05, 0.1) is 13.0 Å². The van der Waals surface area contributed by atoms with Gasteiger partial charge in [-0.3, -0.25) is 14.4 Å². The SMILES string of the molecule is COc1ccc(CNC(=O)C(CSCC2CCCCC2)NC(=O)CN(CSC)C(=O)C(C)(C)O)cc1. The second-order valence-electron chi connectivity index (χ2n) is 9.71. The maximum Gasteiger partial charge on any atom is 0.255 e. The first kappa shape index (κ1) is 30.3. The molecule has 1 aromatic rings. The van der Waals surface area contributed by atoms with Gasteiger partial charge in [-0.2, -0.15) is 11.8 Å². The van der Waals surface area contributed by atoms with E-state index in [1.165, 1.54) is 62.6 Å². The Labute approximate surface area is 223 Å². The van der Waals surface area contributed by atoms with E-state index < -0.39 is 23.5 Å². The van der Waals surface area contributed by atoms with Crippen molar-refractivity contribution in [3.63, 3.8) is 0 Å². The summed E-state index contributed by atoms with van der Waals surface area (Å²) in [5.74, 6) is 1.87. The first-order valence-corrected chi connectivity index (χ1v) is 15.0. The average Bonchev–Trinajstić information content (AvgIpc) is 2.86. The minimum absolute atomic E-state index is 0.223. The maximum absolute atomic E-state index is 13.1. The highest BCUT2D eigenvalue weighted by Gasteiger charge is 2.31. The van der Waals surface area contributed by atoms with Gasteiger partial charge in [0.1, 0.15) is 23.9 Å². The number of methoxy groups -OCH3 is 1. The van der Waals surface area contributed by atoms with Crippen LogP contribution in [0.15, 0.2) is 24.3 Å². The Hall–Kier alpha value is -1.91. The summed E-state index contributed by atoms with van der Waals surface area (Å²) in [4.78, 5) is 39.8. The Balaban J connectivity index is 2.00. The number of hydrogen-bond acceptors (Lipinski definition) is 7. The molecule has 3 N–H and O–H groups in total. The van der Waals surface area contributed by atoms with Crippen LogP contribution < -0.4 is 15.4 Å². The predicted octanol–water partition coefficient (Wildman–Crippen LogP) is 3.03. The van der Waals surface area contributed by atoms with Gasteiger partial charge in [0.2, 0.25) is 11.8 Å². The molecule has 202 valence electrons. The molecule has 1 unspecified atom stereocenters.